The van der Waals surface area contributed by atoms with Gasteiger partial charge >= 0.3 is 0 Å². The average molecular weight is 178 g/mol. The maximum atomic E-state index is 11.2. The van der Waals surface area contributed by atoms with Crippen LogP contribution < -0.4 is 11.1 Å². The zero-order chi connectivity index (χ0) is 9.84. The first-order chi connectivity index (χ1) is 6.16. The molecule has 4 nitrogen and oxygen atoms in total. The molecule has 1 aromatic carbocycles. The van der Waals surface area contributed by atoms with Crippen LogP contribution in [0.1, 0.15) is 10.4 Å². The van der Waals surface area contributed by atoms with Crippen LogP contribution in [0, 0.1) is 0 Å². The van der Waals surface area contributed by atoms with Gasteiger partial charge in [0.2, 0.25) is 0 Å². The molecule has 0 aliphatic rings. The van der Waals surface area contributed by atoms with Crippen molar-refractivity contribution in [2.24, 2.45) is 5.73 Å². The molecular formula is C9H10N2O2. The second-order valence-corrected chi connectivity index (χ2v) is 2.49. The van der Waals surface area contributed by atoms with Crippen molar-refractivity contribution in [3.8, 4) is 0 Å². The summed E-state index contributed by atoms with van der Waals surface area (Å²) >= 11 is 0. The van der Waals surface area contributed by atoms with Crippen molar-refractivity contribution >= 4 is 17.4 Å². The molecule has 1 rings (SSSR count). The van der Waals surface area contributed by atoms with E-state index in [0.29, 0.717) is 11.3 Å². The van der Waals surface area contributed by atoms with Crippen molar-refractivity contribution < 1.29 is 9.59 Å². The zero-order valence-electron chi connectivity index (χ0n) is 7.20. The topological polar surface area (TPSA) is 72.2 Å². The molecule has 0 spiro atoms. The van der Waals surface area contributed by atoms with Gasteiger partial charge < -0.3 is 11.1 Å². The number of Topliss-reactive ketones (excluding diaryl/α,β-unsaturated/α-hetero) is 1. The SMILES string of the molecule is CNc1ccccc1C(=O)C(N)=O. The summed E-state index contributed by atoms with van der Waals surface area (Å²) in [6.07, 6.45) is 0. The van der Waals surface area contributed by atoms with Crippen LogP contribution >= 0.6 is 0 Å². The Labute approximate surface area is 75.7 Å². The number of primary amides is 1. The van der Waals surface area contributed by atoms with Crippen LogP contribution in [0.4, 0.5) is 5.69 Å². The molecule has 0 aromatic heterocycles. The van der Waals surface area contributed by atoms with E-state index in [-0.39, 0.29) is 0 Å². The molecule has 4 heteroatoms. The molecule has 0 saturated carbocycles. The van der Waals surface area contributed by atoms with Crippen LogP contribution in [0.5, 0.6) is 0 Å². The second-order valence-electron chi connectivity index (χ2n) is 2.49. The van der Waals surface area contributed by atoms with E-state index in [1.54, 1.807) is 31.3 Å². The number of nitrogens with two attached hydrogens (primary N) is 1. The van der Waals surface area contributed by atoms with E-state index in [1.165, 1.54) is 0 Å². The summed E-state index contributed by atoms with van der Waals surface area (Å²) in [5.74, 6) is -1.62. The summed E-state index contributed by atoms with van der Waals surface area (Å²) in [6.45, 7) is 0. The van der Waals surface area contributed by atoms with Crippen molar-refractivity contribution in [3.05, 3.63) is 29.8 Å². The lowest BCUT2D eigenvalue weighted by molar-refractivity contribution is -0.114. The Kier molecular flexibility index (Phi) is 2.64. The lowest BCUT2D eigenvalue weighted by atomic mass is 10.1. The smallest absolute Gasteiger partial charge is 0.289 e. The maximum absolute atomic E-state index is 11.2. The number of anilines is 1. The molecule has 0 fully saturated rings. The third-order valence-corrected chi connectivity index (χ3v) is 1.66. The first-order valence-corrected chi connectivity index (χ1v) is 3.77. The molecule has 68 valence electrons. The third kappa shape index (κ3) is 1.84. The summed E-state index contributed by atoms with van der Waals surface area (Å²) in [6, 6.07) is 6.70. The second kappa shape index (κ2) is 3.71. The highest BCUT2D eigenvalue weighted by Gasteiger charge is 2.14. The number of amides is 1. The number of ketones is 1. The van der Waals surface area contributed by atoms with E-state index in [0.717, 1.165) is 0 Å². The van der Waals surface area contributed by atoms with Gasteiger partial charge in [-0.25, -0.2) is 0 Å². The Morgan fingerprint density at radius 3 is 2.46 bits per heavy atom. The molecule has 1 amide bonds. The number of carbonyl (C=O) groups excluding carboxylic acids is 2. The Morgan fingerprint density at radius 2 is 1.92 bits per heavy atom. The van der Waals surface area contributed by atoms with E-state index in [9.17, 15) is 9.59 Å². The fraction of sp³-hybridized carbons (Fsp3) is 0.111. The number of para-hydroxylation sites is 1. The van der Waals surface area contributed by atoms with E-state index in [2.05, 4.69) is 5.32 Å². The fourth-order valence-corrected chi connectivity index (χ4v) is 1.03. The molecule has 0 bridgehead atoms. The fourth-order valence-electron chi connectivity index (χ4n) is 1.03. The summed E-state index contributed by atoms with van der Waals surface area (Å²) in [7, 11) is 1.67. The van der Waals surface area contributed by atoms with Gasteiger partial charge in [0.05, 0.1) is 5.56 Å². The summed E-state index contributed by atoms with van der Waals surface area (Å²) < 4.78 is 0. The molecule has 13 heavy (non-hydrogen) atoms. The highest BCUT2D eigenvalue weighted by atomic mass is 16.2. The third-order valence-electron chi connectivity index (χ3n) is 1.66. The largest absolute Gasteiger partial charge is 0.388 e. The molecule has 0 radical (unpaired) electrons. The molecule has 1 aromatic rings. The number of nitrogens with one attached hydrogen (secondary N) is 1. The number of hydrogen-bond acceptors (Lipinski definition) is 3. The van der Waals surface area contributed by atoms with Gasteiger partial charge in [-0.1, -0.05) is 12.1 Å². The van der Waals surface area contributed by atoms with Crippen molar-refractivity contribution in [3.63, 3.8) is 0 Å². The van der Waals surface area contributed by atoms with Gasteiger partial charge in [0.15, 0.2) is 0 Å². The molecule has 0 unspecified atom stereocenters. The van der Waals surface area contributed by atoms with Crippen molar-refractivity contribution in [2.75, 3.05) is 12.4 Å². The molecule has 0 heterocycles. The lowest BCUT2D eigenvalue weighted by Gasteiger charge is -2.04. The highest BCUT2D eigenvalue weighted by Crippen LogP contribution is 2.14. The predicted octanol–water partition coefficient (Wildman–Crippen LogP) is 0.396. The van der Waals surface area contributed by atoms with E-state index in [1.807, 2.05) is 0 Å². The van der Waals surface area contributed by atoms with Gasteiger partial charge in [0.1, 0.15) is 0 Å². The van der Waals surface area contributed by atoms with Crippen molar-refractivity contribution in [1.29, 1.82) is 0 Å². The zero-order valence-corrected chi connectivity index (χ0v) is 7.20. The Bertz CT molecular complexity index is 347. The first kappa shape index (κ1) is 9.25. The minimum atomic E-state index is -0.942. The van der Waals surface area contributed by atoms with Gasteiger partial charge in [-0.3, -0.25) is 9.59 Å². The summed E-state index contributed by atoms with van der Waals surface area (Å²) in [5, 5.41) is 2.80. The molecule has 0 saturated heterocycles. The van der Waals surface area contributed by atoms with E-state index < -0.39 is 11.7 Å². The first-order valence-electron chi connectivity index (χ1n) is 3.77. The van der Waals surface area contributed by atoms with Gasteiger partial charge in [-0.05, 0) is 12.1 Å². The number of carbonyl (C=O) groups is 2. The normalized spacial score (nSPS) is 9.31. The van der Waals surface area contributed by atoms with Gasteiger partial charge in [-0.15, -0.1) is 0 Å². The van der Waals surface area contributed by atoms with Gasteiger partial charge in [0, 0.05) is 12.7 Å². The van der Waals surface area contributed by atoms with Gasteiger partial charge in [-0.2, -0.15) is 0 Å². The molecule has 3 N–H and O–H groups in total. The lowest BCUT2D eigenvalue weighted by Crippen LogP contribution is -2.23. The van der Waals surface area contributed by atoms with Crippen LogP contribution in [0.25, 0.3) is 0 Å². The quantitative estimate of drug-likeness (QED) is 0.519. The van der Waals surface area contributed by atoms with Crippen LogP contribution in [0.2, 0.25) is 0 Å². The van der Waals surface area contributed by atoms with E-state index >= 15 is 0 Å². The Morgan fingerprint density at radius 1 is 1.31 bits per heavy atom. The van der Waals surface area contributed by atoms with Crippen molar-refractivity contribution in [2.45, 2.75) is 0 Å². The molecule has 0 aliphatic carbocycles. The van der Waals surface area contributed by atoms with E-state index in [4.69, 9.17) is 5.73 Å². The van der Waals surface area contributed by atoms with Crippen LogP contribution in [-0.4, -0.2) is 18.7 Å². The van der Waals surface area contributed by atoms with Gasteiger partial charge in [0.25, 0.3) is 11.7 Å². The number of hydrogen-bond donors (Lipinski definition) is 2. The van der Waals surface area contributed by atoms with Crippen LogP contribution in [0.3, 0.4) is 0 Å². The minimum absolute atomic E-state index is 0.303. The molecule has 0 aliphatic heterocycles. The number of rotatable bonds is 3. The van der Waals surface area contributed by atoms with Crippen molar-refractivity contribution in [1.82, 2.24) is 0 Å². The molecular weight excluding hydrogens is 168 g/mol. The maximum Gasteiger partial charge on any atom is 0.289 e. The Hall–Kier alpha value is -1.84. The number of benzene rings is 1. The predicted molar refractivity (Wildman–Crippen MR) is 49.5 cm³/mol. The van der Waals surface area contributed by atoms with Crippen LogP contribution in [-0.2, 0) is 4.79 Å². The highest BCUT2D eigenvalue weighted by molar-refractivity contribution is 6.43. The minimum Gasteiger partial charge on any atom is -0.388 e. The average Bonchev–Trinajstić information content (AvgIpc) is 2.16. The summed E-state index contributed by atoms with van der Waals surface area (Å²) in [4.78, 5) is 21.8. The molecule has 0 atom stereocenters. The standard InChI is InChI=1S/C9H10N2O2/c1-11-7-5-3-2-4-6(7)8(12)9(10)13/h2-5,11H,1H3,(H2,10,13). The summed E-state index contributed by atoms with van der Waals surface area (Å²) in [5.41, 5.74) is 5.78. The van der Waals surface area contributed by atoms with Crippen LogP contribution in [0.15, 0.2) is 24.3 Å². The monoisotopic (exact) mass is 178 g/mol. The Balaban J connectivity index is 3.13.